The van der Waals surface area contributed by atoms with Crippen LogP contribution in [0.1, 0.15) is 6.92 Å². The van der Waals surface area contributed by atoms with Crippen molar-refractivity contribution in [3.05, 3.63) is 36.7 Å². The molecular weight excluding hydrogens is 268 g/mol. The zero-order valence-corrected chi connectivity index (χ0v) is 12.3. The maximum atomic E-state index is 5.58. The first kappa shape index (κ1) is 15.1. The van der Waals surface area contributed by atoms with Crippen LogP contribution in [0.4, 0.5) is 17.3 Å². The molecule has 0 radical (unpaired) electrons. The highest BCUT2D eigenvalue weighted by atomic mass is 16.5. The summed E-state index contributed by atoms with van der Waals surface area (Å²) in [5.74, 6) is 2.25. The van der Waals surface area contributed by atoms with E-state index < -0.39 is 0 Å². The van der Waals surface area contributed by atoms with E-state index in [1.807, 2.05) is 37.3 Å². The molecule has 0 atom stereocenters. The van der Waals surface area contributed by atoms with Gasteiger partial charge in [0.1, 0.15) is 23.7 Å². The predicted octanol–water partition coefficient (Wildman–Crippen LogP) is 2.68. The fourth-order valence-electron chi connectivity index (χ4n) is 1.79. The molecule has 0 unspecified atom stereocenters. The molecule has 0 saturated heterocycles. The standard InChI is InChI=1S/C15H20N4O2/c1-3-21-13-7-5-4-6-12(13)19-15-10-14(17-11-18-15)16-8-9-20-2/h4-7,10-11H,3,8-9H2,1-2H3,(H2,16,17,18,19). The van der Waals surface area contributed by atoms with Crippen molar-refractivity contribution in [3.8, 4) is 5.75 Å². The Balaban J connectivity index is 2.07. The van der Waals surface area contributed by atoms with Crippen LogP contribution in [0.5, 0.6) is 5.75 Å². The number of nitrogens with zero attached hydrogens (tertiary/aromatic N) is 2. The summed E-state index contributed by atoms with van der Waals surface area (Å²) >= 11 is 0. The Morgan fingerprint density at radius 3 is 2.76 bits per heavy atom. The average molecular weight is 288 g/mol. The number of hydrogen-bond acceptors (Lipinski definition) is 6. The maximum absolute atomic E-state index is 5.58. The van der Waals surface area contributed by atoms with E-state index >= 15 is 0 Å². The van der Waals surface area contributed by atoms with Gasteiger partial charge in [0.2, 0.25) is 0 Å². The largest absolute Gasteiger partial charge is 0.492 e. The number of nitrogens with one attached hydrogen (secondary N) is 2. The molecule has 0 saturated carbocycles. The van der Waals surface area contributed by atoms with Gasteiger partial charge in [-0.2, -0.15) is 0 Å². The molecule has 0 fully saturated rings. The van der Waals surface area contributed by atoms with E-state index in [2.05, 4.69) is 20.6 Å². The molecule has 0 aliphatic rings. The minimum Gasteiger partial charge on any atom is -0.492 e. The molecule has 1 aromatic heterocycles. The van der Waals surface area contributed by atoms with E-state index in [0.717, 1.165) is 17.3 Å². The average Bonchev–Trinajstić information content (AvgIpc) is 2.50. The van der Waals surface area contributed by atoms with Gasteiger partial charge in [-0.1, -0.05) is 12.1 Å². The van der Waals surface area contributed by atoms with Crippen molar-refractivity contribution in [1.82, 2.24) is 9.97 Å². The molecule has 2 rings (SSSR count). The van der Waals surface area contributed by atoms with Crippen LogP contribution in [0.3, 0.4) is 0 Å². The molecule has 0 spiro atoms. The minimum absolute atomic E-state index is 0.617. The van der Waals surface area contributed by atoms with Crippen LogP contribution in [0, 0.1) is 0 Å². The SMILES string of the molecule is CCOc1ccccc1Nc1cc(NCCOC)ncn1. The molecule has 6 heteroatoms. The molecule has 0 bridgehead atoms. The lowest BCUT2D eigenvalue weighted by molar-refractivity contribution is 0.210. The van der Waals surface area contributed by atoms with E-state index in [-0.39, 0.29) is 0 Å². The Hall–Kier alpha value is -2.34. The smallest absolute Gasteiger partial charge is 0.142 e. The summed E-state index contributed by atoms with van der Waals surface area (Å²) in [5, 5.41) is 6.40. The van der Waals surface area contributed by atoms with Crippen molar-refractivity contribution in [1.29, 1.82) is 0 Å². The molecule has 2 N–H and O–H groups in total. The first-order valence-corrected chi connectivity index (χ1v) is 6.87. The van der Waals surface area contributed by atoms with Crippen LogP contribution in [0.15, 0.2) is 36.7 Å². The molecule has 21 heavy (non-hydrogen) atoms. The highest BCUT2D eigenvalue weighted by Crippen LogP contribution is 2.26. The summed E-state index contributed by atoms with van der Waals surface area (Å²) in [6.45, 7) is 3.90. The molecule has 6 nitrogen and oxygen atoms in total. The van der Waals surface area contributed by atoms with Gasteiger partial charge in [0.25, 0.3) is 0 Å². The van der Waals surface area contributed by atoms with Gasteiger partial charge >= 0.3 is 0 Å². The van der Waals surface area contributed by atoms with Gasteiger partial charge in [0, 0.05) is 19.7 Å². The van der Waals surface area contributed by atoms with Gasteiger partial charge in [-0.15, -0.1) is 0 Å². The summed E-state index contributed by atoms with van der Waals surface area (Å²) in [4.78, 5) is 8.38. The third-order valence-corrected chi connectivity index (χ3v) is 2.73. The Labute approximate surface area is 124 Å². The van der Waals surface area contributed by atoms with Gasteiger partial charge in [-0.3, -0.25) is 0 Å². The monoisotopic (exact) mass is 288 g/mol. The molecule has 0 aliphatic heterocycles. The zero-order chi connectivity index (χ0) is 14.9. The van der Waals surface area contributed by atoms with Crippen molar-refractivity contribution < 1.29 is 9.47 Å². The lowest BCUT2D eigenvalue weighted by atomic mass is 10.3. The number of anilines is 3. The Bertz CT molecular complexity index is 563. The first-order chi connectivity index (χ1) is 10.3. The van der Waals surface area contributed by atoms with Crippen LogP contribution in [0.25, 0.3) is 0 Å². The van der Waals surface area contributed by atoms with Crippen molar-refractivity contribution >= 4 is 17.3 Å². The van der Waals surface area contributed by atoms with Crippen molar-refractivity contribution in [2.75, 3.05) is 37.5 Å². The van der Waals surface area contributed by atoms with E-state index in [0.29, 0.717) is 25.6 Å². The summed E-state index contributed by atoms with van der Waals surface area (Å²) in [6, 6.07) is 9.60. The van der Waals surface area contributed by atoms with Crippen LogP contribution in [-0.2, 0) is 4.74 Å². The van der Waals surface area contributed by atoms with Crippen LogP contribution in [0.2, 0.25) is 0 Å². The molecule has 112 valence electrons. The van der Waals surface area contributed by atoms with Crippen LogP contribution in [-0.4, -0.2) is 36.8 Å². The second-order valence-electron chi connectivity index (χ2n) is 4.26. The highest BCUT2D eigenvalue weighted by molar-refractivity contribution is 5.65. The second kappa shape index (κ2) is 8.06. The van der Waals surface area contributed by atoms with Gasteiger partial charge < -0.3 is 20.1 Å². The summed E-state index contributed by atoms with van der Waals surface area (Å²) in [6.07, 6.45) is 1.51. The number of benzene rings is 1. The molecule has 0 amide bonds. The van der Waals surface area contributed by atoms with Crippen molar-refractivity contribution in [2.24, 2.45) is 0 Å². The van der Waals surface area contributed by atoms with Gasteiger partial charge in [-0.05, 0) is 19.1 Å². The molecular formula is C15H20N4O2. The predicted molar refractivity (Wildman–Crippen MR) is 83.3 cm³/mol. The molecule has 1 aromatic carbocycles. The second-order valence-corrected chi connectivity index (χ2v) is 4.26. The first-order valence-electron chi connectivity index (χ1n) is 6.87. The summed E-state index contributed by atoms with van der Waals surface area (Å²) in [7, 11) is 1.67. The van der Waals surface area contributed by atoms with Crippen molar-refractivity contribution in [3.63, 3.8) is 0 Å². The van der Waals surface area contributed by atoms with Crippen molar-refractivity contribution in [2.45, 2.75) is 6.92 Å². The van der Waals surface area contributed by atoms with E-state index in [4.69, 9.17) is 9.47 Å². The maximum Gasteiger partial charge on any atom is 0.142 e. The van der Waals surface area contributed by atoms with E-state index in [1.165, 1.54) is 6.33 Å². The van der Waals surface area contributed by atoms with Gasteiger partial charge in [0.05, 0.1) is 18.9 Å². The summed E-state index contributed by atoms with van der Waals surface area (Å²) < 4.78 is 10.6. The Kier molecular flexibility index (Phi) is 5.78. The van der Waals surface area contributed by atoms with Gasteiger partial charge in [-0.25, -0.2) is 9.97 Å². The molecule has 0 aliphatic carbocycles. The quantitative estimate of drug-likeness (QED) is 0.728. The zero-order valence-electron chi connectivity index (χ0n) is 12.3. The number of ether oxygens (including phenoxy) is 2. The summed E-state index contributed by atoms with van der Waals surface area (Å²) in [5.41, 5.74) is 0.876. The van der Waals surface area contributed by atoms with E-state index in [1.54, 1.807) is 7.11 Å². The lowest BCUT2D eigenvalue weighted by Crippen LogP contribution is -2.09. The normalized spacial score (nSPS) is 10.2. The highest BCUT2D eigenvalue weighted by Gasteiger charge is 2.04. The number of rotatable bonds is 8. The number of aromatic nitrogens is 2. The van der Waals surface area contributed by atoms with Gasteiger partial charge in [0.15, 0.2) is 0 Å². The number of methoxy groups -OCH3 is 1. The number of para-hydroxylation sites is 2. The Morgan fingerprint density at radius 1 is 1.14 bits per heavy atom. The number of hydrogen-bond donors (Lipinski definition) is 2. The fourth-order valence-corrected chi connectivity index (χ4v) is 1.79. The van der Waals surface area contributed by atoms with Crippen LogP contribution < -0.4 is 15.4 Å². The fraction of sp³-hybridized carbons (Fsp3) is 0.333. The topological polar surface area (TPSA) is 68.3 Å². The third kappa shape index (κ3) is 4.61. The van der Waals surface area contributed by atoms with Crippen LogP contribution >= 0.6 is 0 Å². The minimum atomic E-state index is 0.617. The molecule has 1 heterocycles. The molecule has 2 aromatic rings. The lowest BCUT2D eigenvalue weighted by Gasteiger charge is -2.12. The Morgan fingerprint density at radius 2 is 1.95 bits per heavy atom. The van der Waals surface area contributed by atoms with E-state index in [9.17, 15) is 0 Å². The third-order valence-electron chi connectivity index (χ3n) is 2.73.